The molecule has 1 spiro atoms. The highest BCUT2D eigenvalue weighted by Crippen LogP contribution is 2.46. The van der Waals surface area contributed by atoms with E-state index >= 15 is 0 Å². The van der Waals surface area contributed by atoms with Crippen LogP contribution in [0.4, 0.5) is 5.82 Å². The predicted molar refractivity (Wildman–Crippen MR) is 120 cm³/mol. The summed E-state index contributed by atoms with van der Waals surface area (Å²) in [5.74, 6) is 2.11. The van der Waals surface area contributed by atoms with Crippen LogP contribution in [0, 0.1) is 0 Å². The Morgan fingerprint density at radius 3 is 2.93 bits per heavy atom. The molecule has 3 aliphatic rings. The summed E-state index contributed by atoms with van der Waals surface area (Å²) in [4.78, 5) is 11.2. The van der Waals surface area contributed by atoms with Gasteiger partial charge in [-0.2, -0.15) is 0 Å². The van der Waals surface area contributed by atoms with Crippen LogP contribution in [0.1, 0.15) is 39.2 Å². The quantitative estimate of drug-likeness (QED) is 0.566. The van der Waals surface area contributed by atoms with Crippen molar-refractivity contribution in [2.45, 2.75) is 50.0 Å². The first-order valence-electron chi connectivity index (χ1n) is 9.98. The number of para-hydroxylation sites is 1. The van der Waals surface area contributed by atoms with E-state index in [0.717, 1.165) is 35.8 Å². The number of ether oxygens (including phenoxy) is 2. The molecule has 158 valence electrons. The Bertz CT molecular complexity index is 1030. The van der Waals surface area contributed by atoms with Crippen molar-refractivity contribution >= 4 is 38.8 Å². The molecule has 2 unspecified atom stereocenters. The maximum absolute atomic E-state index is 12.9. The van der Waals surface area contributed by atoms with Gasteiger partial charge in [0.05, 0.1) is 12.2 Å². The standard InChI is InChI=1S/C21H23BrN4O3S/c1-20(2,3)30(27)25-17-14-6-4-5-7-15(14)29-21(17)8-9-26-13(10-21)12-28-19-18(26)23-11-16(22)24-19/h4-7,11,13H,8-10,12H2,1-3H3/b25-17-/t13-,21?,30?/m1/s1. The van der Waals surface area contributed by atoms with Crippen LogP contribution < -0.4 is 14.4 Å². The first kappa shape index (κ1) is 20.1. The highest BCUT2D eigenvalue weighted by Gasteiger charge is 2.53. The number of nitrogens with zero attached hydrogens (tertiary/aromatic N) is 4. The number of fused-ring (bicyclic) bond motifs is 4. The van der Waals surface area contributed by atoms with Crippen LogP contribution in [0.15, 0.2) is 39.5 Å². The van der Waals surface area contributed by atoms with Crippen molar-refractivity contribution < 1.29 is 14.0 Å². The van der Waals surface area contributed by atoms with Crippen molar-refractivity contribution in [1.29, 1.82) is 0 Å². The molecule has 0 radical (unpaired) electrons. The van der Waals surface area contributed by atoms with E-state index in [2.05, 4.69) is 30.8 Å². The molecule has 1 fully saturated rings. The monoisotopic (exact) mass is 490 g/mol. The summed E-state index contributed by atoms with van der Waals surface area (Å²) in [5, 5.41) is 0. The van der Waals surface area contributed by atoms with Crippen LogP contribution in [0.2, 0.25) is 0 Å². The number of anilines is 1. The molecule has 7 nitrogen and oxygen atoms in total. The Morgan fingerprint density at radius 1 is 1.33 bits per heavy atom. The second-order valence-electron chi connectivity index (χ2n) is 8.83. The number of halogens is 1. The summed E-state index contributed by atoms with van der Waals surface area (Å²) in [7, 11) is 0. The van der Waals surface area contributed by atoms with E-state index in [1.54, 1.807) is 6.20 Å². The lowest BCUT2D eigenvalue weighted by molar-refractivity contribution is 0.0878. The predicted octanol–water partition coefficient (Wildman–Crippen LogP) is 3.68. The zero-order chi connectivity index (χ0) is 21.1. The van der Waals surface area contributed by atoms with Gasteiger partial charge in [-0.05, 0) is 48.8 Å². The van der Waals surface area contributed by atoms with E-state index in [9.17, 15) is 4.55 Å². The lowest BCUT2D eigenvalue weighted by Gasteiger charge is -2.46. The minimum atomic E-state index is -1.38. The topological polar surface area (TPSA) is 82.9 Å². The molecule has 30 heavy (non-hydrogen) atoms. The van der Waals surface area contributed by atoms with Gasteiger partial charge < -0.3 is 18.9 Å². The molecule has 0 N–H and O–H groups in total. The molecule has 1 aromatic carbocycles. The van der Waals surface area contributed by atoms with Crippen molar-refractivity contribution in [2.75, 3.05) is 18.1 Å². The molecule has 3 aliphatic heterocycles. The molecule has 0 saturated carbocycles. The third-order valence-electron chi connectivity index (χ3n) is 5.72. The van der Waals surface area contributed by atoms with Gasteiger partial charge in [0.1, 0.15) is 38.8 Å². The molecule has 3 atom stereocenters. The molecule has 1 aromatic heterocycles. The Balaban J connectivity index is 1.52. The van der Waals surface area contributed by atoms with Gasteiger partial charge in [0.15, 0.2) is 11.4 Å². The zero-order valence-corrected chi connectivity index (χ0v) is 19.5. The van der Waals surface area contributed by atoms with Gasteiger partial charge in [0, 0.05) is 24.9 Å². The van der Waals surface area contributed by atoms with Crippen LogP contribution in [0.25, 0.3) is 0 Å². The van der Waals surface area contributed by atoms with Crippen molar-refractivity contribution in [1.82, 2.24) is 9.97 Å². The smallest absolute Gasteiger partial charge is 0.258 e. The average molecular weight is 491 g/mol. The molecule has 0 aliphatic carbocycles. The Labute approximate surface area is 187 Å². The van der Waals surface area contributed by atoms with Crippen molar-refractivity contribution in [3.8, 4) is 11.6 Å². The lowest BCUT2D eigenvalue weighted by Crippen LogP contribution is -2.59. The van der Waals surface area contributed by atoms with Crippen LogP contribution in [-0.4, -0.2) is 49.8 Å². The molecular formula is C21H23BrN4O3S. The Hall–Kier alpha value is -1.84. The van der Waals surface area contributed by atoms with E-state index in [-0.39, 0.29) is 6.04 Å². The first-order valence-corrected chi connectivity index (χ1v) is 11.9. The third kappa shape index (κ3) is 3.27. The van der Waals surface area contributed by atoms with E-state index in [4.69, 9.17) is 13.9 Å². The van der Waals surface area contributed by atoms with Gasteiger partial charge >= 0.3 is 0 Å². The van der Waals surface area contributed by atoms with Crippen molar-refractivity contribution in [3.05, 3.63) is 40.6 Å². The van der Waals surface area contributed by atoms with Crippen LogP contribution in [-0.2, 0) is 11.4 Å². The summed E-state index contributed by atoms with van der Waals surface area (Å²) in [5.41, 5.74) is 1.11. The maximum Gasteiger partial charge on any atom is 0.258 e. The first-order chi connectivity index (χ1) is 14.3. The van der Waals surface area contributed by atoms with E-state index in [1.165, 1.54) is 0 Å². The number of piperidine rings is 1. The summed E-state index contributed by atoms with van der Waals surface area (Å²) in [6, 6.07) is 7.97. The number of hydrogen-bond donors (Lipinski definition) is 0. The van der Waals surface area contributed by atoms with E-state index in [1.807, 2.05) is 45.0 Å². The number of benzene rings is 1. The fourth-order valence-electron chi connectivity index (χ4n) is 4.23. The molecule has 5 rings (SSSR count). The van der Waals surface area contributed by atoms with Gasteiger partial charge in [-0.25, -0.2) is 9.97 Å². The van der Waals surface area contributed by atoms with Gasteiger partial charge in [-0.1, -0.05) is 16.5 Å². The van der Waals surface area contributed by atoms with E-state index in [0.29, 0.717) is 23.5 Å². The molecule has 0 bridgehead atoms. The van der Waals surface area contributed by atoms with Gasteiger partial charge in [-0.15, -0.1) is 0 Å². The van der Waals surface area contributed by atoms with E-state index < -0.39 is 21.7 Å². The minimum Gasteiger partial charge on any atom is -0.591 e. The second-order valence-corrected chi connectivity index (χ2v) is 11.5. The summed E-state index contributed by atoms with van der Waals surface area (Å²) in [6.45, 7) is 7.04. The Kier molecular flexibility index (Phi) is 4.75. The molecule has 2 aromatic rings. The highest BCUT2D eigenvalue weighted by molar-refractivity contribution is 9.10. The normalized spacial score (nSPS) is 27.2. The minimum absolute atomic E-state index is 0.0734. The third-order valence-corrected chi connectivity index (χ3v) is 7.50. The van der Waals surface area contributed by atoms with Crippen LogP contribution in [0.3, 0.4) is 0 Å². The zero-order valence-electron chi connectivity index (χ0n) is 17.1. The maximum atomic E-state index is 12.9. The number of rotatable bonds is 1. The average Bonchev–Trinajstić information content (AvgIpc) is 2.99. The fraction of sp³-hybridized carbons (Fsp3) is 0.476. The van der Waals surface area contributed by atoms with Gasteiger partial charge in [0.25, 0.3) is 5.88 Å². The largest absolute Gasteiger partial charge is 0.591 e. The van der Waals surface area contributed by atoms with Gasteiger partial charge in [-0.3, -0.25) is 0 Å². The molecule has 9 heteroatoms. The summed E-state index contributed by atoms with van der Waals surface area (Å²) < 4.78 is 30.3. The van der Waals surface area contributed by atoms with Gasteiger partial charge in [0.2, 0.25) is 0 Å². The SMILES string of the molecule is CC(C)(C)[S+]([O-])/N=C1/c2ccccc2OC12CCN1c3ncc(Br)nc3OC[C@H]1C2. The summed E-state index contributed by atoms with van der Waals surface area (Å²) >= 11 is 1.98. The molecular weight excluding hydrogens is 468 g/mol. The molecule has 4 heterocycles. The highest BCUT2D eigenvalue weighted by atomic mass is 79.9. The summed E-state index contributed by atoms with van der Waals surface area (Å²) in [6.07, 6.45) is 3.09. The van der Waals surface area contributed by atoms with Crippen molar-refractivity contribution in [2.24, 2.45) is 4.40 Å². The van der Waals surface area contributed by atoms with Crippen LogP contribution >= 0.6 is 15.9 Å². The fourth-order valence-corrected chi connectivity index (χ4v) is 5.20. The second kappa shape index (κ2) is 7.10. The molecule has 1 saturated heterocycles. The number of hydrogen-bond acceptors (Lipinski definition) is 7. The van der Waals surface area contributed by atoms with Crippen LogP contribution in [0.5, 0.6) is 11.6 Å². The van der Waals surface area contributed by atoms with Crippen molar-refractivity contribution in [3.63, 3.8) is 0 Å². The molecule has 0 amide bonds. The number of aromatic nitrogens is 2. The lowest BCUT2D eigenvalue weighted by atomic mass is 9.81. The Morgan fingerprint density at radius 2 is 2.13 bits per heavy atom.